The minimum absolute atomic E-state index is 0.00829. The number of ketones is 1. The first-order chi connectivity index (χ1) is 8.65. The van der Waals surface area contributed by atoms with Crippen LogP contribution in [-0.2, 0) is 0 Å². The van der Waals surface area contributed by atoms with E-state index in [9.17, 15) is 4.79 Å². The molecule has 5 heteroatoms. The van der Waals surface area contributed by atoms with Crippen molar-refractivity contribution in [3.63, 3.8) is 0 Å². The van der Waals surface area contributed by atoms with Gasteiger partial charge in [0.1, 0.15) is 11.5 Å². The lowest BCUT2D eigenvalue weighted by atomic mass is 10.2. The van der Waals surface area contributed by atoms with Crippen molar-refractivity contribution in [1.82, 2.24) is 9.97 Å². The number of nitrogens with zero attached hydrogens (tertiary/aromatic N) is 2. The Morgan fingerprint density at radius 3 is 2.72 bits per heavy atom. The van der Waals surface area contributed by atoms with Gasteiger partial charge in [0, 0.05) is 4.88 Å². The Labute approximate surface area is 112 Å². The Morgan fingerprint density at radius 1 is 1.17 bits per heavy atom. The van der Waals surface area contributed by atoms with Crippen LogP contribution in [0.4, 0.5) is 0 Å². The van der Waals surface area contributed by atoms with E-state index in [-0.39, 0.29) is 5.78 Å². The van der Waals surface area contributed by atoms with Gasteiger partial charge in [0.05, 0.1) is 15.1 Å². The molecule has 90 valence electrons. The summed E-state index contributed by atoms with van der Waals surface area (Å²) in [7, 11) is 0. The van der Waals surface area contributed by atoms with E-state index in [0.29, 0.717) is 11.5 Å². The van der Waals surface area contributed by atoms with Gasteiger partial charge in [-0.15, -0.1) is 22.7 Å². The lowest BCUT2D eigenvalue weighted by Crippen LogP contribution is -2.04. The van der Waals surface area contributed by atoms with Crippen molar-refractivity contribution in [3.05, 3.63) is 44.9 Å². The molecule has 3 aromatic heterocycles. The number of fused-ring (bicyclic) bond motifs is 1. The monoisotopic (exact) mass is 274 g/mol. The van der Waals surface area contributed by atoms with Gasteiger partial charge < -0.3 is 0 Å². The van der Waals surface area contributed by atoms with Crippen LogP contribution in [0.2, 0.25) is 0 Å². The molecule has 0 saturated heterocycles. The van der Waals surface area contributed by atoms with Gasteiger partial charge >= 0.3 is 0 Å². The highest BCUT2D eigenvalue weighted by atomic mass is 32.1. The minimum Gasteiger partial charge on any atom is -0.286 e. The van der Waals surface area contributed by atoms with E-state index in [1.165, 1.54) is 22.7 Å². The van der Waals surface area contributed by atoms with Gasteiger partial charge in [-0.3, -0.25) is 4.79 Å². The molecule has 3 nitrogen and oxygen atoms in total. The summed E-state index contributed by atoms with van der Waals surface area (Å²) in [6, 6.07) is 5.74. The van der Waals surface area contributed by atoms with E-state index in [1.54, 1.807) is 0 Å². The predicted molar refractivity (Wildman–Crippen MR) is 74.6 cm³/mol. The second kappa shape index (κ2) is 4.26. The normalized spacial score (nSPS) is 11.0. The molecule has 0 N–H and O–H groups in total. The van der Waals surface area contributed by atoms with Crippen LogP contribution in [0.1, 0.15) is 26.1 Å². The highest BCUT2D eigenvalue weighted by Gasteiger charge is 2.18. The molecule has 0 amide bonds. The van der Waals surface area contributed by atoms with E-state index in [2.05, 4.69) is 9.97 Å². The maximum Gasteiger partial charge on any atom is 0.222 e. The van der Waals surface area contributed by atoms with Crippen molar-refractivity contribution >= 4 is 38.7 Å². The lowest BCUT2D eigenvalue weighted by Gasteiger charge is -2.01. The molecule has 0 saturated carbocycles. The molecule has 0 radical (unpaired) electrons. The van der Waals surface area contributed by atoms with Crippen LogP contribution in [0.15, 0.2) is 23.6 Å². The summed E-state index contributed by atoms with van der Waals surface area (Å²) in [5.74, 6) is 0.628. The third kappa shape index (κ3) is 1.85. The van der Waals surface area contributed by atoms with E-state index >= 15 is 0 Å². The minimum atomic E-state index is -0.00829. The average molecular weight is 274 g/mol. The van der Waals surface area contributed by atoms with Crippen LogP contribution in [-0.4, -0.2) is 15.8 Å². The number of hydrogen-bond acceptors (Lipinski definition) is 5. The van der Waals surface area contributed by atoms with Gasteiger partial charge in [0.2, 0.25) is 5.78 Å². The zero-order chi connectivity index (χ0) is 12.7. The fraction of sp³-hybridized carbons (Fsp3) is 0.154. The van der Waals surface area contributed by atoms with Crippen molar-refractivity contribution in [2.45, 2.75) is 13.8 Å². The maximum atomic E-state index is 12.5. The molecular weight excluding hydrogens is 264 g/mol. The fourth-order valence-electron chi connectivity index (χ4n) is 1.81. The maximum absolute atomic E-state index is 12.5. The van der Waals surface area contributed by atoms with Crippen molar-refractivity contribution < 1.29 is 4.79 Å². The van der Waals surface area contributed by atoms with E-state index in [1.807, 2.05) is 37.4 Å². The average Bonchev–Trinajstić information content (AvgIpc) is 2.95. The second-order valence-electron chi connectivity index (χ2n) is 3.99. The van der Waals surface area contributed by atoms with Crippen molar-refractivity contribution in [3.8, 4) is 0 Å². The van der Waals surface area contributed by atoms with Crippen molar-refractivity contribution in [1.29, 1.82) is 0 Å². The molecule has 3 rings (SSSR count). The van der Waals surface area contributed by atoms with Crippen LogP contribution >= 0.6 is 22.7 Å². The molecule has 0 unspecified atom stereocenters. The van der Waals surface area contributed by atoms with E-state index in [0.717, 1.165) is 20.0 Å². The third-order valence-electron chi connectivity index (χ3n) is 2.59. The Bertz CT molecular complexity index is 742. The Morgan fingerprint density at radius 2 is 2.00 bits per heavy atom. The highest BCUT2D eigenvalue weighted by molar-refractivity contribution is 7.18. The Balaban J connectivity index is 2.19. The number of hydrogen-bond donors (Lipinski definition) is 0. The summed E-state index contributed by atoms with van der Waals surface area (Å²) in [5, 5.41) is 1.94. The van der Waals surface area contributed by atoms with Gasteiger partial charge in [-0.1, -0.05) is 0 Å². The fourth-order valence-corrected chi connectivity index (χ4v) is 3.43. The van der Waals surface area contributed by atoms with Crippen molar-refractivity contribution in [2.75, 3.05) is 0 Å². The Hall–Kier alpha value is -1.59. The molecule has 0 bridgehead atoms. The smallest absolute Gasteiger partial charge is 0.222 e. The predicted octanol–water partition coefficient (Wildman–Crippen LogP) is 3.60. The first-order valence-corrected chi connectivity index (χ1v) is 7.18. The number of rotatable bonds is 2. The Kier molecular flexibility index (Phi) is 2.72. The summed E-state index contributed by atoms with van der Waals surface area (Å²) >= 11 is 3.01. The summed E-state index contributed by atoms with van der Waals surface area (Å²) in [6.45, 7) is 3.81. The molecule has 0 spiro atoms. The molecular formula is C13H10N2OS2. The number of carbonyl (C=O) groups excluding carboxylic acids is 1. The zero-order valence-electron chi connectivity index (χ0n) is 9.93. The number of carbonyl (C=O) groups is 1. The standard InChI is InChI=1S/C13H10N2OS2/c1-7-3-4-10(18-7)12(16)11-13-9(5-6-17-13)14-8(2)15-11/h3-6H,1-2H3. The molecule has 0 aliphatic carbocycles. The van der Waals surface area contributed by atoms with Gasteiger partial charge in [-0.05, 0) is 37.4 Å². The third-order valence-corrected chi connectivity index (χ3v) is 4.50. The molecule has 0 fully saturated rings. The van der Waals surface area contributed by atoms with Crippen LogP contribution in [0.3, 0.4) is 0 Å². The topological polar surface area (TPSA) is 42.9 Å². The summed E-state index contributed by atoms with van der Waals surface area (Å²) in [6.07, 6.45) is 0. The molecule has 0 aromatic carbocycles. The van der Waals surface area contributed by atoms with Crippen LogP contribution in [0.25, 0.3) is 10.2 Å². The molecule has 0 aliphatic heterocycles. The van der Waals surface area contributed by atoms with E-state index < -0.39 is 0 Å². The summed E-state index contributed by atoms with van der Waals surface area (Å²) < 4.78 is 0.872. The SMILES string of the molecule is Cc1nc(C(=O)c2ccc(C)s2)c2sccc2n1. The largest absolute Gasteiger partial charge is 0.286 e. The highest BCUT2D eigenvalue weighted by Crippen LogP contribution is 2.26. The first kappa shape index (κ1) is 11.5. The molecule has 3 heterocycles. The lowest BCUT2D eigenvalue weighted by molar-refractivity contribution is 0.103. The van der Waals surface area contributed by atoms with Crippen LogP contribution in [0.5, 0.6) is 0 Å². The van der Waals surface area contributed by atoms with Gasteiger partial charge in [0.25, 0.3) is 0 Å². The number of aryl methyl sites for hydroxylation is 2. The molecule has 18 heavy (non-hydrogen) atoms. The van der Waals surface area contributed by atoms with Crippen LogP contribution < -0.4 is 0 Å². The van der Waals surface area contributed by atoms with Gasteiger partial charge in [-0.2, -0.15) is 0 Å². The second-order valence-corrected chi connectivity index (χ2v) is 6.20. The van der Waals surface area contributed by atoms with Gasteiger partial charge in [-0.25, -0.2) is 9.97 Å². The molecule has 3 aromatic rings. The number of aromatic nitrogens is 2. The quantitative estimate of drug-likeness (QED) is 0.671. The number of thiophene rings is 2. The summed E-state index contributed by atoms with van der Waals surface area (Å²) in [4.78, 5) is 23.0. The van der Waals surface area contributed by atoms with Crippen molar-refractivity contribution in [2.24, 2.45) is 0 Å². The summed E-state index contributed by atoms with van der Waals surface area (Å²) in [5.41, 5.74) is 1.37. The molecule has 0 atom stereocenters. The van der Waals surface area contributed by atoms with Crippen LogP contribution in [0, 0.1) is 13.8 Å². The first-order valence-electron chi connectivity index (χ1n) is 5.48. The molecule has 0 aliphatic rings. The van der Waals surface area contributed by atoms with E-state index in [4.69, 9.17) is 0 Å². The van der Waals surface area contributed by atoms with Gasteiger partial charge in [0.15, 0.2) is 0 Å². The zero-order valence-corrected chi connectivity index (χ0v) is 11.6.